The van der Waals surface area contributed by atoms with Crippen molar-refractivity contribution in [3.05, 3.63) is 35.6 Å². The van der Waals surface area contributed by atoms with Gasteiger partial charge in [-0.15, -0.1) is 0 Å². The third-order valence-corrected chi connectivity index (χ3v) is 4.69. The zero-order valence-electron chi connectivity index (χ0n) is 13.1. The lowest BCUT2D eigenvalue weighted by Gasteiger charge is -2.37. The zero-order valence-corrected chi connectivity index (χ0v) is 13.1. The van der Waals surface area contributed by atoms with E-state index in [0.29, 0.717) is 11.5 Å². The molecule has 0 bridgehead atoms. The first kappa shape index (κ1) is 15.5. The summed E-state index contributed by atoms with van der Waals surface area (Å²) >= 11 is 0. The molecule has 1 aliphatic rings. The molecule has 1 aromatic rings. The van der Waals surface area contributed by atoms with Crippen LogP contribution in [0.4, 0.5) is 4.39 Å². The highest BCUT2D eigenvalue weighted by molar-refractivity contribution is 5.16. The van der Waals surface area contributed by atoms with Gasteiger partial charge in [0.25, 0.3) is 0 Å². The van der Waals surface area contributed by atoms with Crippen molar-refractivity contribution in [3.63, 3.8) is 0 Å². The average molecular weight is 277 g/mol. The zero-order chi connectivity index (χ0) is 14.6. The van der Waals surface area contributed by atoms with Crippen LogP contribution in [-0.4, -0.2) is 12.6 Å². The second kappa shape index (κ2) is 6.71. The maximum atomic E-state index is 13.1. The number of hydrogen-bond donors (Lipinski definition) is 1. The largest absolute Gasteiger partial charge is 0.314 e. The van der Waals surface area contributed by atoms with E-state index in [9.17, 15) is 4.39 Å². The predicted molar refractivity (Wildman–Crippen MR) is 83.3 cm³/mol. The minimum absolute atomic E-state index is 0.131. The number of rotatable bonds is 4. The van der Waals surface area contributed by atoms with Gasteiger partial charge >= 0.3 is 0 Å². The van der Waals surface area contributed by atoms with Gasteiger partial charge < -0.3 is 5.32 Å². The number of hydrogen-bond acceptors (Lipinski definition) is 1. The van der Waals surface area contributed by atoms with E-state index in [0.717, 1.165) is 24.4 Å². The summed E-state index contributed by atoms with van der Waals surface area (Å²) in [4.78, 5) is 0. The molecule has 0 unspecified atom stereocenters. The van der Waals surface area contributed by atoms with Crippen LogP contribution in [0.15, 0.2) is 24.3 Å². The Kier molecular flexibility index (Phi) is 5.20. The van der Waals surface area contributed by atoms with E-state index in [1.165, 1.54) is 31.7 Å². The highest BCUT2D eigenvalue weighted by atomic mass is 19.1. The normalized spacial score (nSPS) is 23.8. The summed E-state index contributed by atoms with van der Waals surface area (Å²) in [5, 5.41) is 3.64. The Bertz CT molecular complexity index is 414. The van der Waals surface area contributed by atoms with Crippen LogP contribution in [0.25, 0.3) is 0 Å². The number of halogens is 1. The van der Waals surface area contributed by atoms with Crippen molar-refractivity contribution in [2.75, 3.05) is 6.54 Å². The molecule has 1 fully saturated rings. The first-order chi connectivity index (χ1) is 9.45. The molecule has 2 rings (SSSR count). The molecule has 2 heteroatoms. The Morgan fingerprint density at radius 2 is 1.85 bits per heavy atom. The Balaban J connectivity index is 1.69. The highest BCUT2D eigenvalue weighted by Crippen LogP contribution is 2.37. The lowest BCUT2D eigenvalue weighted by atomic mass is 9.71. The first-order valence-corrected chi connectivity index (χ1v) is 7.93. The van der Waals surface area contributed by atoms with Crippen LogP contribution in [0.3, 0.4) is 0 Å². The second-order valence-electron chi connectivity index (χ2n) is 7.25. The van der Waals surface area contributed by atoms with Gasteiger partial charge in [-0.05, 0) is 67.7 Å². The summed E-state index contributed by atoms with van der Waals surface area (Å²) < 4.78 is 13.1. The van der Waals surface area contributed by atoms with Crippen LogP contribution in [0.1, 0.15) is 52.0 Å². The van der Waals surface area contributed by atoms with E-state index in [-0.39, 0.29) is 5.82 Å². The average Bonchev–Trinajstić information content (AvgIpc) is 2.38. The van der Waals surface area contributed by atoms with Gasteiger partial charge in [-0.2, -0.15) is 0 Å². The molecule has 1 saturated carbocycles. The highest BCUT2D eigenvalue weighted by Gasteiger charge is 2.29. The van der Waals surface area contributed by atoms with Crippen molar-refractivity contribution < 1.29 is 4.39 Å². The molecule has 1 aromatic carbocycles. The van der Waals surface area contributed by atoms with Crippen LogP contribution >= 0.6 is 0 Å². The maximum Gasteiger partial charge on any atom is 0.123 e. The summed E-state index contributed by atoms with van der Waals surface area (Å²) in [6.07, 6.45) is 6.15. The van der Waals surface area contributed by atoms with Crippen molar-refractivity contribution in [2.45, 2.75) is 58.9 Å². The maximum absolute atomic E-state index is 13.1. The van der Waals surface area contributed by atoms with Gasteiger partial charge in [0.1, 0.15) is 5.82 Å². The summed E-state index contributed by atoms with van der Waals surface area (Å²) in [7, 11) is 0. The topological polar surface area (TPSA) is 12.0 Å². The fourth-order valence-corrected chi connectivity index (χ4v) is 3.28. The number of nitrogens with one attached hydrogen (secondary N) is 1. The quantitative estimate of drug-likeness (QED) is 0.850. The van der Waals surface area contributed by atoms with Gasteiger partial charge in [0, 0.05) is 6.04 Å². The summed E-state index contributed by atoms with van der Waals surface area (Å²) in [5.41, 5.74) is 1.54. The summed E-state index contributed by atoms with van der Waals surface area (Å²) in [5.74, 6) is 0.733. The fraction of sp³-hybridized carbons (Fsp3) is 0.667. The molecule has 112 valence electrons. The minimum Gasteiger partial charge on any atom is -0.314 e. The first-order valence-electron chi connectivity index (χ1n) is 7.93. The van der Waals surface area contributed by atoms with Crippen LogP contribution in [0.5, 0.6) is 0 Å². The van der Waals surface area contributed by atoms with Gasteiger partial charge in [-0.1, -0.05) is 32.9 Å². The molecule has 0 saturated heterocycles. The van der Waals surface area contributed by atoms with Crippen LogP contribution in [-0.2, 0) is 6.42 Å². The van der Waals surface area contributed by atoms with Crippen LogP contribution in [0.2, 0.25) is 0 Å². The molecule has 0 spiro atoms. The minimum atomic E-state index is -0.131. The molecule has 0 radical (unpaired) electrons. The van der Waals surface area contributed by atoms with Gasteiger partial charge in [0.2, 0.25) is 0 Å². The van der Waals surface area contributed by atoms with E-state index < -0.39 is 0 Å². The number of benzene rings is 1. The van der Waals surface area contributed by atoms with E-state index in [1.54, 1.807) is 12.1 Å². The fourth-order valence-electron chi connectivity index (χ4n) is 3.28. The molecule has 0 atom stereocenters. The lowest BCUT2D eigenvalue weighted by molar-refractivity contribution is 0.160. The van der Waals surface area contributed by atoms with E-state index >= 15 is 0 Å². The van der Waals surface area contributed by atoms with Gasteiger partial charge in [0.15, 0.2) is 0 Å². The van der Waals surface area contributed by atoms with Crippen molar-refractivity contribution in [2.24, 2.45) is 11.3 Å². The van der Waals surface area contributed by atoms with Crippen molar-refractivity contribution in [3.8, 4) is 0 Å². The lowest BCUT2D eigenvalue weighted by Crippen LogP contribution is -2.37. The summed E-state index contributed by atoms with van der Waals surface area (Å²) in [6.45, 7) is 8.02. The van der Waals surface area contributed by atoms with Gasteiger partial charge in [0.05, 0.1) is 0 Å². The molecule has 20 heavy (non-hydrogen) atoms. The van der Waals surface area contributed by atoms with E-state index in [4.69, 9.17) is 0 Å². The Hall–Kier alpha value is -0.890. The molecule has 0 heterocycles. The molecule has 1 N–H and O–H groups in total. The van der Waals surface area contributed by atoms with Gasteiger partial charge in [-0.3, -0.25) is 0 Å². The Labute approximate surface area is 123 Å². The van der Waals surface area contributed by atoms with E-state index in [2.05, 4.69) is 26.1 Å². The third kappa shape index (κ3) is 4.59. The second-order valence-corrected chi connectivity index (χ2v) is 7.25. The molecule has 0 amide bonds. The molecular weight excluding hydrogens is 249 g/mol. The van der Waals surface area contributed by atoms with Gasteiger partial charge in [-0.25, -0.2) is 4.39 Å². The monoisotopic (exact) mass is 277 g/mol. The SMILES string of the molecule is CC(C)(C)C1CCC(NCCc2cccc(F)c2)CC1. The van der Waals surface area contributed by atoms with Crippen LogP contribution < -0.4 is 5.32 Å². The molecule has 1 nitrogen and oxygen atoms in total. The molecule has 0 aliphatic heterocycles. The van der Waals surface area contributed by atoms with Crippen molar-refractivity contribution in [1.29, 1.82) is 0 Å². The molecule has 0 aromatic heterocycles. The smallest absolute Gasteiger partial charge is 0.123 e. The third-order valence-electron chi connectivity index (χ3n) is 4.69. The van der Waals surface area contributed by atoms with Crippen molar-refractivity contribution >= 4 is 0 Å². The molecular formula is C18H28FN. The standard InChI is InChI=1S/C18H28FN/c1-18(2,3)15-7-9-17(10-8-15)20-12-11-14-5-4-6-16(19)13-14/h4-6,13,15,17,20H,7-12H2,1-3H3. The Morgan fingerprint density at radius 3 is 2.45 bits per heavy atom. The summed E-state index contributed by atoms with van der Waals surface area (Å²) in [6, 6.07) is 7.59. The van der Waals surface area contributed by atoms with Crippen LogP contribution in [0, 0.1) is 17.2 Å². The predicted octanol–water partition coefficient (Wildman–Crippen LogP) is 4.56. The van der Waals surface area contributed by atoms with Crippen molar-refractivity contribution in [1.82, 2.24) is 5.32 Å². The molecule has 1 aliphatic carbocycles. The Morgan fingerprint density at radius 1 is 1.15 bits per heavy atom. The van der Waals surface area contributed by atoms with E-state index in [1.807, 2.05) is 6.07 Å².